The third kappa shape index (κ3) is 5.07. The van der Waals surface area contributed by atoms with E-state index in [4.69, 9.17) is 14.2 Å². The molecule has 0 aliphatic carbocycles. The Kier molecular flexibility index (Phi) is 7.19. The number of aromatic nitrogens is 3. The summed E-state index contributed by atoms with van der Waals surface area (Å²) >= 11 is 0. The number of carbonyl (C=O) groups excluding carboxylic acids is 2. The highest BCUT2D eigenvalue weighted by atomic mass is 16.6. The zero-order valence-corrected chi connectivity index (χ0v) is 19.2. The molecule has 3 rings (SSSR count). The first-order valence-corrected chi connectivity index (χ1v) is 10.9. The van der Waals surface area contributed by atoms with Gasteiger partial charge in [-0.05, 0) is 32.9 Å². The van der Waals surface area contributed by atoms with Crippen LogP contribution < -0.4 is 5.32 Å². The molecule has 178 valence electrons. The van der Waals surface area contributed by atoms with Crippen LogP contribution >= 0.6 is 0 Å². The second kappa shape index (κ2) is 9.72. The van der Waals surface area contributed by atoms with Crippen LogP contribution in [0, 0.1) is 11.3 Å². The number of esters is 2. The number of rotatable bonds is 8. The summed E-state index contributed by atoms with van der Waals surface area (Å²) in [5.74, 6) is -0.459. The largest absolute Gasteiger partial charge is 0.464 e. The first-order chi connectivity index (χ1) is 15.7. The predicted octanol–water partition coefficient (Wildman–Crippen LogP) is 1.69. The molecule has 33 heavy (non-hydrogen) atoms. The van der Waals surface area contributed by atoms with E-state index in [0.29, 0.717) is 17.0 Å². The van der Waals surface area contributed by atoms with Gasteiger partial charge in [-0.25, -0.2) is 14.3 Å². The molecule has 3 atom stereocenters. The van der Waals surface area contributed by atoms with Crippen LogP contribution in [0.25, 0.3) is 5.52 Å². The summed E-state index contributed by atoms with van der Waals surface area (Å²) in [7, 11) is 0. The Labute approximate surface area is 191 Å². The molecule has 0 radical (unpaired) electrons. The molecule has 0 saturated carbocycles. The van der Waals surface area contributed by atoms with Crippen molar-refractivity contribution in [2.75, 3.05) is 18.5 Å². The minimum atomic E-state index is -1.52. The van der Waals surface area contributed by atoms with Gasteiger partial charge in [0.25, 0.3) is 0 Å². The van der Waals surface area contributed by atoms with Crippen molar-refractivity contribution < 1.29 is 28.9 Å². The first-order valence-electron chi connectivity index (χ1n) is 10.9. The van der Waals surface area contributed by atoms with Crippen LogP contribution in [-0.4, -0.2) is 62.6 Å². The molecule has 2 aromatic rings. The molecule has 0 spiro atoms. The topological polar surface area (TPSA) is 148 Å². The molecular weight excluding hydrogens is 430 g/mol. The Morgan fingerprint density at radius 3 is 2.82 bits per heavy atom. The zero-order chi connectivity index (χ0) is 24.2. The van der Waals surface area contributed by atoms with E-state index in [1.54, 1.807) is 39.8 Å². The number of nitrogens with one attached hydrogen (secondary N) is 1. The van der Waals surface area contributed by atoms with Crippen LogP contribution in [0.3, 0.4) is 0 Å². The van der Waals surface area contributed by atoms with E-state index in [1.807, 2.05) is 0 Å². The van der Waals surface area contributed by atoms with Gasteiger partial charge >= 0.3 is 11.9 Å². The average Bonchev–Trinajstić information content (AvgIpc) is 3.23. The molecule has 0 amide bonds. The van der Waals surface area contributed by atoms with Gasteiger partial charge in [-0.15, -0.1) is 0 Å². The Morgan fingerprint density at radius 2 is 2.15 bits per heavy atom. The summed E-state index contributed by atoms with van der Waals surface area (Å²) in [6.45, 7) is 6.94. The lowest BCUT2D eigenvalue weighted by Crippen LogP contribution is -2.46. The minimum absolute atomic E-state index is 0.0227. The molecule has 1 aliphatic heterocycles. The fourth-order valence-corrected chi connectivity index (χ4v) is 3.78. The fourth-order valence-electron chi connectivity index (χ4n) is 3.78. The van der Waals surface area contributed by atoms with E-state index >= 15 is 0 Å². The van der Waals surface area contributed by atoms with Crippen LogP contribution in [0.4, 0.5) is 5.82 Å². The summed E-state index contributed by atoms with van der Waals surface area (Å²) in [4.78, 5) is 28.1. The summed E-state index contributed by atoms with van der Waals surface area (Å²) in [5, 5.41) is 27.9. The smallest absolute Gasteiger partial charge is 0.331 e. The maximum Gasteiger partial charge on any atom is 0.331 e. The van der Waals surface area contributed by atoms with Crippen molar-refractivity contribution in [3.05, 3.63) is 24.2 Å². The molecule has 11 heteroatoms. The molecule has 1 aliphatic rings. The lowest BCUT2D eigenvalue weighted by molar-refractivity contribution is -0.171. The minimum Gasteiger partial charge on any atom is -0.464 e. The molecule has 1 fully saturated rings. The maximum atomic E-state index is 12.3. The van der Waals surface area contributed by atoms with Crippen molar-refractivity contribution >= 4 is 23.3 Å². The summed E-state index contributed by atoms with van der Waals surface area (Å²) < 4.78 is 17.9. The van der Waals surface area contributed by atoms with Crippen molar-refractivity contribution in [1.82, 2.24) is 14.6 Å². The number of nitrogens with zero attached hydrogens (tertiary/aromatic N) is 4. The van der Waals surface area contributed by atoms with Crippen molar-refractivity contribution in [2.24, 2.45) is 0 Å². The highest BCUT2D eigenvalue weighted by Gasteiger charge is 2.46. The van der Waals surface area contributed by atoms with Crippen LogP contribution in [0.2, 0.25) is 0 Å². The van der Waals surface area contributed by atoms with Gasteiger partial charge in [-0.3, -0.25) is 4.79 Å². The summed E-state index contributed by atoms with van der Waals surface area (Å²) in [6.07, 6.45) is 0.281. The number of nitriles is 1. The number of fused-ring (bicyclic) bond motifs is 1. The van der Waals surface area contributed by atoms with Gasteiger partial charge < -0.3 is 24.6 Å². The van der Waals surface area contributed by atoms with Gasteiger partial charge in [0, 0.05) is 19.3 Å². The van der Waals surface area contributed by atoms with Crippen molar-refractivity contribution in [2.45, 2.75) is 70.3 Å². The second-order valence-corrected chi connectivity index (χ2v) is 8.40. The van der Waals surface area contributed by atoms with E-state index in [0.717, 1.165) is 0 Å². The van der Waals surface area contributed by atoms with E-state index < -0.39 is 29.3 Å². The SMILES string of the molecule is CCOC(=O)C(C)(C)Nc1ncnn2c([C@@]3(C#N)C[C@H](O)C[C@@H](COC(=O)CC)O3)ccc12. The van der Waals surface area contributed by atoms with Crippen LogP contribution in [0.1, 0.15) is 52.7 Å². The van der Waals surface area contributed by atoms with E-state index in [2.05, 4.69) is 21.5 Å². The van der Waals surface area contributed by atoms with Gasteiger partial charge in [-0.2, -0.15) is 10.4 Å². The van der Waals surface area contributed by atoms with Gasteiger partial charge in [0.1, 0.15) is 30.1 Å². The summed E-state index contributed by atoms with van der Waals surface area (Å²) in [5.41, 5.74) is -1.68. The molecule has 3 heterocycles. The van der Waals surface area contributed by atoms with Gasteiger partial charge in [0.15, 0.2) is 11.4 Å². The fraction of sp³-hybridized carbons (Fsp3) is 0.591. The number of hydrogen-bond acceptors (Lipinski definition) is 10. The highest BCUT2D eigenvalue weighted by molar-refractivity contribution is 5.85. The summed E-state index contributed by atoms with van der Waals surface area (Å²) in [6, 6.07) is 5.55. The number of carbonyl (C=O) groups is 2. The van der Waals surface area contributed by atoms with Gasteiger partial charge in [0.2, 0.25) is 0 Å². The Bertz CT molecular complexity index is 1060. The number of anilines is 1. The molecule has 2 aromatic heterocycles. The molecule has 0 bridgehead atoms. The number of hydrogen-bond donors (Lipinski definition) is 2. The lowest BCUT2D eigenvalue weighted by atomic mass is 9.88. The Balaban J connectivity index is 1.94. The number of aliphatic hydroxyl groups is 1. The van der Waals surface area contributed by atoms with E-state index in [-0.39, 0.29) is 38.4 Å². The number of ether oxygens (including phenoxy) is 3. The third-order valence-electron chi connectivity index (χ3n) is 5.41. The molecular formula is C22H29N5O6. The van der Waals surface area contributed by atoms with Crippen molar-refractivity contribution in [3.8, 4) is 6.07 Å². The molecule has 2 N–H and O–H groups in total. The maximum absolute atomic E-state index is 12.3. The van der Waals surface area contributed by atoms with Crippen LogP contribution in [0.5, 0.6) is 0 Å². The standard InChI is InChI=1S/C22H29N5O6/c1-5-18(29)32-11-15-9-14(28)10-22(12-23,33-15)17-8-7-16-19(24-13-25-27(16)17)26-21(3,4)20(30)31-6-2/h7-8,13-15,28H,5-6,9-11H2,1-4H3,(H,24,25,26)/t14-,15+,22+/m1/s1. The first kappa shape index (κ1) is 24.4. The van der Waals surface area contributed by atoms with Gasteiger partial charge in [-0.1, -0.05) is 6.92 Å². The third-order valence-corrected chi connectivity index (χ3v) is 5.41. The molecule has 1 saturated heterocycles. The van der Waals surface area contributed by atoms with E-state index in [1.165, 1.54) is 10.8 Å². The highest BCUT2D eigenvalue weighted by Crippen LogP contribution is 2.39. The van der Waals surface area contributed by atoms with Gasteiger partial charge in [0.05, 0.1) is 24.5 Å². The van der Waals surface area contributed by atoms with Crippen molar-refractivity contribution in [1.29, 1.82) is 5.26 Å². The van der Waals surface area contributed by atoms with E-state index in [9.17, 15) is 20.0 Å². The molecule has 0 unspecified atom stereocenters. The second-order valence-electron chi connectivity index (χ2n) is 8.40. The zero-order valence-electron chi connectivity index (χ0n) is 19.2. The molecule has 0 aromatic carbocycles. The monoisotopic (exact) mass is 459 g/mol. The predicted molar refractivity (Wildman–Crippen MR) is 116 cm³/mol. The number of aliphatic hydroxyl groups excluding tert-OH is 1. The molecule has 11 nitrogen and oxygen atoms in total. The average molecular weight is 460 g/mol. The normalized spacial score (nSPS) is 23.0. The van der Waals surface area contributed by atoms with Crippen LogP contribution in [-0.2, 0) is 29.4 Å². The Morgan fingerprint density at radius 1 is 1.39 bits per heavy atom. The quantitative estimate of drug-likeness (QED) is 0.559. The lowest BCUT2D eigenvalue weighted by Gasteiger charge is -2.38. The van der Waals surface area contributed by atoms with Crippen LogP contribution in [0.15, 0.2) is 18.5 Å². The van der Waals surface area contributed by atoms with Crippen molar-refractivity contribution in [3.63, 3.8) is 0 Å². The Hall–Kier alpha value is -3.23.